The predicted octanol–water partition coefficient (Wildman–Crippen LogP) is 1.46. The number of carbonyl (C=O) groups excluding carboxylic acids is 1. The molecule has 0 radical (unpaired) electrons. The molecule has 1 unspecified atom stereocenters. The molecule has 1 aliphatic heterocycles. The van der Waals surface area contributed by atoms with Crippen LogP contribution in [0.15, 0.2) is 11.6 Å². The van der Waals surface area contributed by atoms with Gasteiger partial charge < -0.3 is 10.6 Å². The lowest BCUT2D eigenvalue weighted by molar-refractivity contribution is -0.123. The van der Waals surface area contributed by atoms with Crippen LogP contribution in [0.4, 0.5) is 0 Å². The van der Waals surface area contributed by atoms with Crippen molar-refractivity contribution in [1.29, 1.82) is 0 Å². The van der Waals surface area contributed by atoms with Crippen molar-refractivity contribution in [3.05, 3.63) is 16.6 Å². The highest BCUT2D eigenvalue weighted by molar-refractivity contribution is 7.09. The Hall–Kier alpha value is -0.940. The molecule has 1 aromatic heterocycles. The summed E-state index contributed by atoms with van der Waals surface area (Å²) in [6.07, 6.45) is 4.70. The van der Waals surface area contributed by atoms with Crippen LogP contribution in [0, 0.1) is 0 Å². The third-order valence-electron chi connectivity index (χ3n) is 2.85. The molecule has 16 heavy (non-hydrogen) atoms. The summed E-state index contributed by atoms with van der Waals surface area (Å²) in [4.78, 5) is 16.2. The standard InChI is InChI=1S/C11H17N3OS/c1-2-8(11-13-6-7-16-11)14-10(15)9-4-3-5-12-9/h6-9,12H,2-5H2,1H3,(H,14,15)/t8?,9-/m1/s1. The monoisotopic (exact) mass is 239 g/mol. The van der Waals surface area contributed by atoms with Crippen molar-refractivity contribution < 1.29 is 4.79 Å². The second kappa shape index (κ2) is 5.41. The molecule has 5 heteroatoms. The summed E-state index contributed by atoms with van der Waals surface area (Å²) in [5, 5.41) is 9.20. The summed E-state index contributed by atoms with van der Waals surface area (Å²) < 4.78 is 0. The SMILES string of the molecule is CCC(NC(=O)[C@H]1CCCN1)c1nccs1. The number of nitrogens with zero attached hydrogens (tertiary/aromatic N) is 1. The van der Waals surface area contributed by atoms with Gasteiger partial charge in [0.15, 0.2) is 0 Å². The van der Waals surface area contributed by atoms with Gasteiger partial charge in [-0.2, -0.15) is 0 Å². The quantitative estimate of drug-likeness (QED) is 0.836. The maximum absolute atomic E-state index is 11.9. The van der Waals surface area contributed by atoms with E-state index in [0.717, 1.165) is 30.8 Å². The van der Waals surface area contributed by atoms with E-state index < -0.39 is 0 Å². The van der Waals surface area contributed by atoms with Gasteiger partial charge in [0.25, 0.3) is 0 Å². The molecule has 2 atom stereocenters. The number of hydrogen-bond donors (Lipinski definition) is 2. The maximum atomic E-state index is 11.9. The number of hydrogen-bond acceptors (Lipinski definition) is 4. The van der Waals surface area contributed by atoms with Crippen molar-refractivity contribution in [2.24, 2.45) is 0 Å². The zero-order valence-corrected chi connectivity index (χ0v) is 10.2. The molecule has 1 saturated heterocycles. The van der Waals surface area contributed by atoms with E-state index in [2.05, 4.69) is 22.5 Å². The molecule has 1 aliphatic rings. The number of nitrogens with one attached hydrogen (secondary N) is 2. The van der Waals surface area contributed by atoms with Crippen molar-refractivity contribution in [3.63, 3.8) is 0 Å². The van der Waals surface area contributed by atoms with Crippen LogP contribution in [0.25, 0.3) is 0 Å². The largest absolute Gasteiger partial charge is 0.346 e. The lowest BCUT2D eigenvalue weighted by Crippen LogP contribution is -2.41. The normalized spacial score (nSPS) is 21.9. The third kappa shape index (κ3) is 2.59. The van der Waals surface area contributed by atoms with Crippen molar-refractivity contribution in [2.45, 2.75) is 38.3 Å². The van der Waals surface area contributed by atoms with Crippen LogP contribution in [0.3, 0.4) is 0 Å². The molecule has 0 saturated carbocycles. The molecule has 2 rings (SSSR count). The Bertz CT molecular complexity index is 333. The highest BCUT2D eigenvalue weighted by Crippen LogP contribution is 2.19. The van der Waals surface area contributed by atoms with Crippen molar-refractivity contribution >= 4 is 17.2 Å². The predicted molar refractivity (Wildman–Crippen MR) is 64.3 cm³/mol. The minimum atomic E-state index is -0.00554. The Morgan fingerprint density at radius 3 is 3.25 bits per heavy atom. The maximum Gasteiger partial charge on any atom is 0.237 e. The van der Waals surface area contributed by atoms with E-state index in [1.165, 1.54) is 0 Å². The molecule has 0 aliphatic carbocycles. The van der Waals surface area contributed by atoms with Crippen LogP contribution in [0.2, 0.25) is 0 Å². The summed E-state index contributed by atoms with van der Waals surface area (Å²) in [5.41, 5.74) is 0. The van der Waals surface area contributed by atoms with Gasteiger partial charge in [-0.15, -0.1) is 11.3 Å². The van der Waals surface area contributed by atoms with Gasteiger partial charge in [-0.3, -0.25) is 4.79 Å². The van der Waals surface area contributed by atoms with Crippen LogP contribution < -0.4 is 10.6 Å². The van der Waals surface area contributed by atoms with Crippen LogP contribution in [0.5, 0.6) is 0 Å². The van der Waals surface area contributed by atoms with E-state index in [9.17, 15) is 4.79 Å². The van der Waals surface area contributed by atoms with Crippen LogP contribution in [0.1, 0.15) is 37.2 Å². The van der Waals surface area contributed by atoms with Gasteiger partial charge in [0.2, 0.25) is 5.91 Å². The number of aromatic nitrogens is 1. The van der Waals surface area contributed by atoms with E-state index in [4.69, 9.17) is 0 Å². The smallest absolute Gasteiger partial charge is 0.237 e. The zero-order chi connectivity index (χ0) is 11.4. The summed E-state index contributed by atoms with van der Waals surface area (Å²) in [5.74, 6) is 0.111. The Morgan fingerprint density at radius 2 is 2.69 bits per heavy atom. The first-order chi connectivity index (χ1) is 7.81. The molecule has 88 valence electrons. The van der Waals surface area contributed by atoms with E-state index in [0.29, 0.717) is 0 Å². The summed E-state index contributed by atoms with van der Waals surface area (Å²) >= 11 is 1.59. The minimum Gasteiger partial charge on any atom is -0.346 e. The molecular formula is C11H17N3OS. The third-order valence-corrected chi connectivity index (χ3v) is 3.74. The average Bonchev–Trinajstić information content (AvgIpc) is 2.96. The highest BCUT2D eigenvalue weighted by atomic mass is 32.1. The molecule has 1 fully saturated rings. The lowest BCUT2D eigenvalue weighted by atomic mass is 10.2. The summed E-state index contributed by atoms with van der Waals surface area (Å²) in [7, 11) is 0. The Kier molecular flexibility index (Phi) is 3.90. The fourth-order valence-electron chi connectivity index (χ4n) is 1.93. The molecule has 2 N–H and O–H groups in total. The van der Waals surface area contributed by atoms with Gasteiger partial charge in [0, 0.05) is 11.6 Å². The first-order valence-corrected chi connectivity index (χ1v) is 6.62. The van der Waals surface area contributed by atoms with Crippen molar-refractivity contribution in [2.75, 3.05) is 6.54 Å². The Morgan fingerprint density at radius 1 is 1.81 bits per heavy atom. The highest BCUT2D eigenvalue weighted by Gasteiger charge is 2.24. The van der Waals surface area contributed by atoms with Gasteiger partial charge in [0.1, 0.15) is 5.01 Å². The van der Waals surface area contributed by atoms with Crippen LogP contribution in [-0.4, -0.2) is 23.5 Å². The molecule has 1 amide bonds. The number of amides is 1. The van der Waals surface area contributed by atoms with Gasteiger partial charge >= 0.3 is 0 Å². The van der Waals surface area contributed by atoms with Gasteiger partial charge in [-0.1, -0.05) is 6.92 Å². The van der Waals surface area contributed by atoms with Crippen molar-refractivity contribution in [3.8, 4) is 0 Å². The summed E-state index contributed by atoms with van der Waals surface area (Å²) in [6.45, 7) is 3.01. The molecule has 0 bridgehead atoms. The van der Waals surface area contributed by atoms with Crippen LogP contribution >= 0.6 is 11.3 Å². The Labute approximate surface area is 99.5 Å². The number of rotatable bonds is 4. The molecular weight excluding hydrogens is 222 g/mol. The first-order valence-electron chi connectivity index (χ1n) is 5.74. The molecule has 2 heterocycles. The fraction of sp³-hybridized carbons (Fsp3) is 0.636. The van der Waals surface area contributed by atoms with Gasteiger partial charge in [0.05, 0.1) is 12.1 Å². The number of carbonyl (C=O) groups is 1. The second-order valence-corrected chi connectivity index (χ2v) is 4.91. The average molecular weight is 239 g/mol. The lowest BCUT2D eigenvalue weighted by Gasteiger charge is -2.17. The van der Waals surface area contributed by atoms with Gasteiger partial charge in [-0.25, -0.2) is 4.98 Å². The van der Waals surface area contributed by atoms with Crippen molar-refractivity contribution in [1.82, 2.24) is 15.6 Å². The summed E-state index contributed by atoms with van der Waals surface area (Å²) in [6, 6.07) is 0.0592. The second-order valence-electron chi connectivity index (χ2n) is 3.99. The molecule has 1 aromatic rings. The fourth-order valence-corrected chi connectivity index (χ4v) is 2.70. The molecule has 4 nitrogen and oxygen atoms in total. The minimum absolute atomic E-state index is 0.00554. The number of thiazole rings is 1. The van der Waals surface area contributed by atoms with Gasteiger partial charge in [-0.05, 0) is 25.8 Å². The van der Waals surface area contributed by atoms with E-state index in [1.54, 1.807) is 17.5 Å². The molecule has 0 aromatic carbocycles. The van der Waals surface area contributed by atoms with E-state index in [1.807, 2.05) is 5.38 Å². The topological polar surface area (TPSA) is 54.0 Å². The zero-order valence-electron chi connectivity index (χ0n) is 9.40. The first kappa shape index (κ1) is 11.5. The van der Waals surface area contributed by atoms with Crippen LogP contribution in [-0.2, 0) is 4.79 Å². The Balaban J connectivity index is 1.93. The van der Waals surface area contributed by atoms with E-state index in [-0.39, 0.29) is 18.0 Å². The van der Waals surface area contributed by atoms with E-state index >= 15 is 0 Å². The molecule has 0 spiro atoms.